The van der Waals surface area contributed by atoms with E-state index in [2.05, 4.69) is 36.6 Å². The van der Waals surface area contributed by atoms with Gasteiger partial charge in [0.2, 0.25) is 0 Å². The Morgan fingerprint density at radius 3 is 2.83 bits per heavy atom. The maximum atomic E-state index is 5.19. The van der Waals surface area contributed by atoms with Crippen molar-refractivity contribution in [3.8, 4) is 0 Å². The SMILES string of the molecule is COCCn1c(SCC(C)C)nc2ccccc21. The Balaban J connectivity index is 2.30. The van der Waals surface area contributed by atoms with Crippen LogP contribution in [-0.2, 0) is 11.3 Å². The van der Waals surface area contributed by atoms with Crippen LogP contribution in [0.25, 0.3) is 11.0 Å². The molecule has 0 atom stereocenters. The Labute approximate surface area is 113 Å². The minimum absolute atomic E-state index is 0.672. The van der Waals surface area contributed by atoms with Crippen LogP contribution in [0.3, 0.4) is 0 Å². The second-order valence-corrected chi connectivity index (χ2v) is 5.72. The minimum atomic E-state index is 0.672. The highest BCUT2D eigenvalue weighted by molar-refractivity contribution is 7.99. The standard InChI is InChI=1S/C14H20N2OS/c1-11(2)10-18-14-15-12-6-4-5-7-13(12)16(14)8-9-17-3/h4-7,11H,8-10H2,1-3H3. The van der Waals surface area contributed by atoms with Gasteiger partial charge in [-0.3, -0.25) is 0 Å². The van der Waals surface area contributed by atoms with Crippen LogP contribution in [0.15, 0.2) is 29.4 Å². The molecule has 4 heteroatoms. The van der Waals surface area contributed by atoms with Gasteiger partial charge in [0.25, 0.3) is 0 Å². The van der Waals surface area contributed by atoms with Gasteiger partial charge >= 0.3 is 0 Å². The molecule has 0 aliphatic rings. The van der Waals surface area contributed by atoms with Crippen molar-refractivity contribution in [2.24, 2.45) is 5.92 Å². The van der Waals surface area contributed by atoms with Crippen molar-refractivity contribution in [2.45, 2.75) is 25.5 Å². The molecule has 0 bridgehead atoms. The first-order valence-electron chi connectivity index (χ1n) is 6.29. The van der Waals surface area contributed by atoms with Crippen molar-refractivity contribution in [3.63, 3.8) is 0 Å². The van der Waals surface area contributed by atoms with Crippen molar-refractivity contribution >= 4 is 22.8 Å². The molecule has 0 N–H and O–H groups in total. The number of hydrogen-bond acceptors (Lipinski definition) is 3. The van der Waals surface area contributed by atoms with E-state index in [1.807, 2.05) is 17.8 Å². The fraction of sp³-hybridized carbons (Fsp3) is 0.500. The molecule has 0 unspecified atom stereocenters. The van der Waals surface area contributed by atoms with Gasteiger partial charge in [0.15, 0.2) is 5.16 Å². The summed E-state index contributed by atoms with van der Waals surface area (Å²) < 4.78 is 7.44. The molecule has 2 aromatic rings. The first-order chi connectivity index (χ1) is 8.72. The van der Waals surface area contributed by atoms with Crippen molar-refractivity contribution < 1.29 is 4.74 Å². The van der Waals surface area contributed by atoms with E-state index < -0.39 is 0 Å². The summed E-state index contributed by atoms with van der Waals surface area (Å²) >= 11 is 1.83. The molecule has 2 rings (SSSR count). The van der Waals surface area contributed by atoms with E-state index in [-0.39, 0.29) is 0 Å². The van der Waals surface area contributed by atoms with Gasteiger partial charge in [-0.2, -0.15) is 0 Å². The number of fused-ring (bicyclic) bond motifs is 1. The molecule has 0 saturated heterocycles. The first kappa shape index (κ1) is 13.4. The lowest BCUT2D eigenvalue weighted by Crippen LogP contribution is -2.06. The first-order valence-corrected chi connectivity index (χ1v) is 7.28. The molecule has 0 fully saturated rings. The molecule has 0 aliphatic heterocycles. The van der Waals surface area contributed by atoms with E-state index in [0.29, 0.717) is 5.92 Å². The molecule has 0 aliphatic carbocycles. The third-order valence-corrected chi connectivity index (χ3v) is 4.09. The summed E-state index contributed by atoms with van der Waals surface area (Å²) in [4.78, 5) is 4.71. The van der Waals surface area contributed by atoms with Crippen LogP contribution in [0.2, 0.25) is 0 Å². The summed E-state index contributed by atoms with van der Waals surface area (Å²) in [5.41, 5.74) is 2.26. The number of nitrogens with zero attached hydrogens (tertiary/aromatic N) is 2. The van der Waals surface area contributed by atoms with Crippen LogP contribution in [-0.4, -0.2) is 29.0 Å². The second kappa shape index (κ2) is 6.25. The lowest BCUT2D eigenvalue weighted by Gasteiger charge is -2.09. The molecule has 98 valence electrons. The van der Waals surface area contributed by atoms with Crippen LogP contribution in [0, 0.1) is 5.92 Å². The number of thioether (sulfide) groups is 1. The number of imidazole rings is 1. The minimum Gasteiger partial charge on any atom is -0.383 e. The second-order valence-electron chi connectivity index (χ2n) is 4.73. The van der Waals surface area contributed by atoms with Crippen LogP contribution in [0.4, 0.5) is 0 Å². The number of benzene rings is 1. The molecule has 0 radical (unpaired) electrons. The summed E-state index contributed by atoms with van der Waals surface area (Å²) in [6.45, 7) is 6.04. The number of hydrogen-bond donors (Lipinski definition) is 0. The predicted molar refractivity (Wildman–Crippen MR) is 77.2 cm³/mol. The van der Waals surface area contributed by atoms with E-state index in [1.165, 1.54) is 5.52 Å². The molecule has 0 spiro atoms. The average Bonchev–Trinajstić information content (AvgIpc) is 2.71. The Kier molecular flexibility index (Phi) is 4.66. The smallest absolute Gasteiger partial charge is 0.169 e. The van der Waals surface area contributed by atoms with Gasteiger partial charge in [-0.05, 0) is 18.1 Å². The molecule has 0 amide bonds. The molecule has 1 aromatic heterocycles. The maximum absolute atomic E-state index is 5.19. The average molecular weight is 264 g/mol. The number of para-hydroxylation sites is 2. The highest BCUT2D eigenvalue weighted by Crippen LogP contribution is 2.25. The van der Waals surface area contributed by atoms with E-state index in [9.17, 15) is 0 Å². The third-order valence-electron chi connectivity index (χ3n) is 2.68. The highest BCUT2D eigenvalue weighted by Gasteiger charge is 2.11. The summed E-state index contributed by atoms with van der Waals surface area (Å²) in [5, 5.41) is 1.10. The number of aromatic nitrogens is 2. The van der Waals surface area contributed by atoms with E-state index in [1.54, 1.807) is 7.11 Å². The number of ether oxygens (including phenoxy) is 1. The number of methoxy groups -OCH3 is 1. The quantitative estimate of drug-likeness (QED) is 0.748. The lowest BCUT2D eigenvalue weighted by molar-refractivity contribution is 0.186. The van der Waals surface area contributed by atoms with Gasteiger partial charge in [-0.25, -0.2) is 4.98 Å². The molecule has 1 aromatic carbocycles. The molecule has 0 saturated carbocycles. The highest BCUT2D eigenvalue weighted by atomic mass is 32.2. The van der Waals surface area contributed by atoms with Gasteiger partial charge in [0.05, 0.1) is 17.6 Å². The molecule has 1 heterocycles. The van der Waals surface area contributed by atoms with E-state index in [4.69, 9.17) is 9.72 Å². The Morgan fingerprint density at radius 1 is 1.33 bits per heavy atom. The van der Waals surface area contributed by atoms with E-state index in [0.717, 1.165) is 29.6 Å². The molecule has 3 nitrogen and oxygen atoms in total. The van der Waals surface area contributed by atoms with Crippen molar-refractivity contribution in [2.75, 3.05) is 19.5 Å². The number of rotatable bonds is 6. The zero-order valence-electron chi connectivity index (χ0n) is 11.2. The summed E-state index contributed by atoms with van der Waals surface area (Å²) in [6, 6.07) is 8.28. The Hall–Kier alpha value is -1.00. The van der Waals surface area contributed by atoms with Crippen LogP contribution < -0.4 is 0 Å². The summed E-state index contributed by atoms with van der Waals surface area (Å²) in [6.07, 6.45) is 0. The summed E-state index contributed by atoms with van der Waals surface area (Å²) in [5.74, 6) is 1.77. The normalized spacial score (nSPS) is 11.6. The van der Waals surface area contributed by atoms with Crippen molar-refractivity contribution in [1.82, 2.24) is 9.55 Å². The topological polar surface area (TPSA) is 27.1 Å². The molecular formula is C14H20N2OS. The molecular weight excluding hydrogens is 244 g/mol. The Bertz CT molecular complexity index is 507. The fourth-order valence-electron chi connectivity index (χ4n) is 1.80. The van der Waals surface area contributed by atoms with Gasteiger partial charge < -0.3 is 9.30 Å². The van der Waals surface area contributed by atoms with Crippen molar-refractivity contribution in [3.05, 3.63) is 24.3 Å². The zero-order valence-corrected chi connectivity index (χ0v) is 12.0. The maximum Gasteiger partial charge on any atom is 0.169 e. The lowest BCUT2D eigenvalue weighted by atomic mass is 10.3. The van der Waals surface area contributed by atoms with Crippen LogP contribution in [0.5, 0.6) is 0 Å². The van der Waals surface area contributed by atoms with Crippen molar-refractivity contribution in [1.29, 1.82) is 0 Å². The zero-order chi connectivity index (χ0) is 13.0. The van der Waals surface area contributed by atoms with Gasteiger partial charge in [-0.1, -0.05) is 37.7 Å². The predicted octanol–water partition coefficient (Wildman–Crippen LogP) is 3.43. The monoisotopic (exact) mass is 264 g/mol. The van der Waals surface area contributed by atoms with Crippen LogP contribution >= 0.6 is 11.8 Å². The van der Waals surface area contributed by atoms with Gasteiger partial charge in [0.1, 0.15) is 0 Å². The van der Waals surface area contributed by atoms with E-state index >= 15 is 0 Å². The Morgan fingerprint density at radius 2 is 2.11 bits per heavy atom. The largest absolute Gasteiger partial charge is 0.383 e. The van der Waals surface area contributed by atoms with Gasteiger partial charge in [-0.15, -0.1) is 0 Å². The molecule has 18 heavy (non-hydrogen) atoms. The van der Waals surface area contributed by atoms with Gasteiger partial charge in [0, 0.05) is 19.4 Å². The fourth-order valence-corrected chi connectivity index (χ4v) is 2.79. The third kappa shape index (κ3) is 3.06. The summed E-state index contributed by atoms with van der Waals surface area (Å²) in [7, 11) is 1.74. The van der Waals surface area contributed by atoms with Crippen LogP contribution in [0.1, 0.15) is 13.8 Å².